The van der Waals surface area contributed by atoms with Crippen LogP contribution in [0.1, 0.15) is 12.8 Å². The molecule has 3 aromatic carbocycles. The third-order valence-corrected chi connectivity index (χ3v) is 5.88. The number of thioether (sulfide) groups is 1. The first-order valence-electron chi connectivity index (χ1n) is 9.67. The van der Waals surface area contributed by atoms with E-state index in [0.29, 0.717) is 40.1 Å². The fourth-order valence-corrected chi connectivity index (χ4v) is 4.31. The van der Waals surface area contributed by atoms with Gasteiger partial charge in [0, 0.05) is 12.1 Å². The third-order valence-electron chi connectivity index (χ3n) is 4.92. The van der Waals surface area contributed by atoms with Crippen molar-refractivity contribution < 1.29 is 4.42 Å². The molecule has 2 heterocycles. The molecule has 0 aliphatic heterocycles. The minimum atomic E-state index is -0.0359. The van der Waals surface area contributed by atoms with E-state index in [9.17, 15) is 4.79 Å². The zero-order valence-corrected chi connectivity index (χ0v) is 17.1. The van der Waals surface area contributed by atoms with Gasteiger partial charge in [0.1, 0.15) is 0 Å². The molecule has 148 valence electrons. The van der Waals surface area contributed by atoms with Crippen molar-refractivity contribution in [1.29, 1.82) is 0 Å². The minimum absolute atomic E-state index is 0.0359. The van der Waals surface area contributed by atoms with E-state index in [1.54, 1.807) is 4.57 Å². The Kier molecular flexibility index (Phi) is 4.80. The molecular formula is C23H18N4O2S. The molecule has 0 unspecified atom stereocenters. The second kappa shape index (κ2) is 7.76. The Labute approximate surface area is 176 Å². The molecule has 0 spiro atoms. The molecule has 5 rings (SSSR count). The van der Waals surface area contributed by atoms with Crippen LogP contribution >= 0.6 is 11.8 Å². The highest BCUT2D eigenvalue weighted by atomic mass is 32.2. The van der Waals surface area contributed by atoms with Crippen molar-refractivity contribution in [3.63, 3.8) is 0 Å². The van der Waals surface area contributed by atoms with Crippen molar-refractivity contribution in [3.05, 3.63) is 83.0 Å². The molecule has 0 saturated heterocycles. The van der Waals surface area contributed by atoms with Crippen molar-refractivity contribution in [3.8, 4) is 11.5 Å². The van der Waals surface area contributed by atoms with Crippen LogP contribution in [0, 0.1) is 0 Å². The quantitative estimate of drug-likeness (QED) is 0.231. The van der Waals surface area contributed by atoms with Gasteiger partial charge in [-0.25, -0.2) is 4.98 Å². The highest BCUT2D eigenvalue weighted by Crippen LogP contribution is 2.26. The molecule has 0 bridgehead atoms. The lowest BCUT2D eigenvalue weighted by Crippen LogP contribution is -2.22. The average molecular weight is 414 g/mol. The van der Waals surface area contributed by atoms with Crippen molar-refractivity contribution in [2.24, 2.45) is 0 Å². The first-order valence-corrected chi connectivity index (χ1v) is 10.7. The smallest absolute Gasteiger partial charge is 0.262 e. The van der Waals surface area contributed by atoms with Crippen LogP contribution in [0.2, 0.25) is 0 Å². The first kappa shape index (κ1) is 18.6. The van der Waals surface area contributed by atoms with Crippen LogP contribution in [-0.4, -0.2) is 19.7 Å². The fourth-order valence-electron chi connectivity index (χ4n) is 3.41. The summed E-state index contributed by atoms with van der Waals surface area (Å²) in [5.74, 6) is 1.41. The Morgan fingerprint density at radius 2 is 1.70 bits per heavy atom. The average Bonchev–Trinajstić information content (AvgIpc) is 3.26. The number of rotatable bonds is 5. The van der Waals surface area contributed by atoms with E-state index in [0.717, 1.165) is 16.3 Å². The molecule has 0 radical (unpaired) electrons. The first-order chi connectivity index (χ1) is 14.7. The summed E-state index contributed by atoms with van der Waals surface area (Å²) in [5.41, 5.74) is 1.54. The molecule has 5 aromatic rings. The summed E-state index contributed by atoms with van der Waals surface area (Å²) in [5, 5.41) is 11.6. The van der Waals surface area contributed by atoms with Gasteiger partial charge in [-0.3, -0.25) is 9.36 Å². The SMILES string of the molecule is CCn1c(SCc2nnc(-c3ccccc3)o2)nc2cc3ccccc3cc2c1=O. The van der Waals surface area contributed by atoms with E-state index in [1.165, 1.54) is 11.8 Å². The second-order valence-electron chi connectivity index (χ2n) is 6.82. The number of hydrogen-bond donors (Lipinski definition) is 0. The summed E-state index contributed by atoms with van der Waals surface area (Å²) in [6.45, 7) is 2.48. The Hall–Kier alpha value is -3.45. The van der Waals surface area contributed by atoms with Gasteiger partial charge in [0.05, 0.1) is 16.7 Å². The lowest BCUT2D eigenvalue weighted by molar-refractivity contribution is 0.527. The van der Waals surface area contributed by atoms with Crippen LogP contribution < -0.4 is 5.56 Å². The van der Waals surface area contributed by atoms with E-state index >= 15 is 0 Å². The zero-order valence-electron chi connectivity index (χ0n) is 16.3. The number of fused-ring (bicyclic) bond motifs is 2. The molecule has 0 fully saturated rings. The van der Waals surface area contributed by atoms with Crippen molar-refractivity contribution >= 4 is 33.4 Å². The topological polar surface area (TPSA) is 73.8 Å². The van der Waals surface area contributed by atoms with Crippen LogP contribution in [0.25, 0.3) is 33.1 Å². The predicted octanol–water partition coefficient (Wildman–Crippen LogP) is 4.91. The van der Waals surface area contributed by atoms with Gasteiger partial charge in [-0.1, -0.05) is 54.2 Å². The summed E-state index contributed by atoms with van der Waals surface area (Å²) in [6, 6.07) is 21.5. The molecule has 0 amide bonds. The maximum Gasteiger partial charge on any atom is 0.262 e. The number of aromatic nitrogens is 4. The van der Waals surface area contributed by atoms with Crippen LogP contribution in [0.4, 0.5) is 0 Å². The molecule has 30 heavy (non-hydrogen) atoms. The molecule has 2 aromatic heterocycles. The van der Waals surface area contributed by atoms with E-state index in [4.69, 9.17) is 9.40 Å². The zero-order chi connectivity index (χ0) is 20.5. The lowest BCUT2D eigenvalue weighted by Gasteiger charge is -2.11. The molecule has 6 nitrogen and oxygen atoms in total. The lowest BCUT2D eigenvalue weighted by atomic mass is 10.1. The second-order valence-corrected chi connectivity index (χ2v) is 7.76. The monoisotopic (exact) mass is 414 g/mol. The number of nitrogens with zero attached hydrogens (tertiary/aromatic N) is 4. The Morgan fingerprint density at radius 3 is 2.47 bits per heavy atom. The molecule has 0 aliphatic carbocycles. The molecule has 7 heteroatoms. The van der Waals surface area contributed by atoms with Crippen LogP contribution in [0.5, 0.6) is 0 Å². The van der Waals surface area contributed by atoms with E-state index < -0.39 is 0 Å². The van der Waals surface area contributed by atoms with Gasteiger partial charge >= 0.3 is 0 Å². The standard InChI is InChI=1S/C23H18N4O2S/c1-2-27-22(28)18-12-16-10-6-7-11-17(16)13-19(18)24-23(27)30-14-20-25-26-21(29-20)15-8-4-3-5-9-15/h3-13H,2,14H2,1H3. The Bertz CT molecular complexity index is 1410. The van der Waals surface area contributed by atoms with Crippen molar-refractivity contribution in [1.82, 2.24) is 19.7 Å². The summed E-state index contributed by atoms with van der Waals surface area (Å²) in [7, 11) is 0. The van der Waals surface area contributed by atoms with Gasteiger partial charge in [-0.2, -0.15) is 0 Å². The van der Waals surface area contributed by atoms with Crippen LogP contribution in [0.15, 0.2) is 81.1 Å². The van der Waals surface area contributed by atoms with Crippen molar-refractivity contribution in [2.45, 2.75) is 24.4 Å². The van der Waals surface area contributed by atoms with E-state index in [-0.39, 0.29) is 5.56 Å². The summed E-state index contributed by atoms with van der Waals surface area (Å²) >= 11 is 1.42. The fraction of sp³-hybridized carbons (Fsp3) is 0.130. The maximum absolute atomic E-state index is 13.1. The van der Waals surface area contributed by atoms with E-state index in [1.807, 2.05) is 73.7 Å². The van der Waals surface area contributed by atoms with Gasteiger partial charge < -0.3 is 4.42 Å². The van der Waals surface area contributed by atoms with Gasteiger partial charge in [-0.05, 0) is 42.0 Å². The van der Waals surface area contributed by atoms with Crippen LogP contribution in [0.3, 0.4) is 0 Å². The summed E-state index contributed by atoms with van der Waals surface area (Å²) in [4.78, 5) is 17.9. The molecule has 0 saturated carbocycles. The number of hydrogen-bond acceptors (Lipinski definition) is 6. The molecule has 0 N–H and O–H groups in total. The Balaban J connectivity index is 1.49. The van der Waals surface area contributed by atoms with Gasteiger partial charge in [0.2, 0.25) is 11.8 Å². The van der Waals surface area contributed by atoms with Gasteiger partial charge in [0.15, 0.2) is 5.16 Å². The summed E-state index contributed by atoms with van der Waals surface area (Å²) in [6.07, 6.45) is 0. The van der Waals surface area contributed by atoms with Gasteiger partial charge in [-0.15, -0.1) is 10.2 Å². The largest absolute Gasteiger partial charge is 0.420 e. The van der Waals surface area contributed by atoms with E-state index in [2.05, 4.69) is 10.2 Å². The third kappa shape index (κ3) is 3.37. The summed E-state index contributed by atoms with van der Waals surface area (Å²) < 4.78 is 7.47. The Morgan fingerprint density at radius 1 is 0.967 bits per heavy atom. The van der Waals surface area contributed by atoms with Gasteiger partial charge in [0.25, 0.3) is 5.56 Å². The highest BCUT2D eigenvalue weighted by Gasteiger charge is 2.14. The molecule has 0 aliphatic rings. The molecule has 0 atom stereocenters. The number of benzene rings is 3. The minimum Gasteiger partial charge on any atom is -0.420 e. The predicted molar refractivity (Wildman–Crippen MR) is 118 cm³/mol. The van der Waals surface area contributed by atoms with Crippen molar-refractivity contribution in [2.75, 3.05) is 0 Å². The maximum atomic E-state index is 13.1. The normalized spacial score (nSPS) is 11.4. The van der Waals surface area contributed by atoms with Crippen LogP contribution in [-0.2, 0) is 12.3 Å². The molecular weight excluding hydrogens is 396 g/mol. The highest BCUT2D eigenvalue weighted by molar-refractivity contribution is 7.98.